The molecule has 0 fully saturated rings. The van der Waals surface area contributed by atoms with E-state index in [1.54, 1.807) is 12.3 Å². The molecule has 2 nitrogen and oxygen atoms in total. The van der Waals surface area contributed by atoms with Gasteiger partial charge in [-0.1, -0.05) is 13.0 Å². The number of hydrogen-bond acceptors (Lipinski definition) is 2. The van der Waals surface area contributed by atoms with E-state index >= 15 is 0 Å². The number of hydrogen-bond donors (Lipinski definition) is 1. The first-order valence-corrected chi connectivity index (χ1v) is 6.23. The zero-order valence-electron chi connectivity index (χ0n) is 10.5. The Kier molecular flexibility index (Phi) is 6.48. The Morgan fingerprint density at radius 2 is 2.41 bits per heavy atom. The second-order valence-corrected chi connectivity index (χ2v) is 4.12. The first kappa shape index (κ1) is 13.8. The van der Waals surface area contributed by atoms with Crippen LogP contribution in [0.15, 0.2) is 31.1 Å². The lowest BCUT2D eigenvalue weighted by atomic mass is 10.0. The van der Waals surface area contributed by atoms with Crippen LogP contribution in [-0.2, 0) is 0 Å². The van der Waals surface area contributed by atoms with Gasteiger partial charge >= 0.3 is 0 Å². The first-order chi connectivity index (χ1) is 8.29. The fourth-order valence-corrected chi connectivity index (χ4v) is 1.82. The molecule has 17 heavy (non-hydrogen) atoms. The summed E-state index contributed by atoms with van der Waals surface area (Å²) in [6.45, 7) is 6.72. The smallest absolute Gasteiger partial charge is 0.146 e. The highest BCUT2D eigenvalue weighted by atomic mass is 19.1. The number of aromatic nitrogens is 1. The summed E-state index contributed by atoms with van der Waals surface area (Å²) in [5.41, 5.74) is 0.720. The van der Waals surface area contributed by atoms with Crippen molar-refractivity contribution in [1.82, 2.24) is 10.3 Å². The van der Waals surface area contributed by atoms with Gasteiger partial charge in [-0.3, -0.25) is 4.98 Å². The quantitative estimate of drug-likeness (QED) is 0.551. The number of rotatable bonds is 8. The highest BCUT2D eigenvalue weighted by Crippen LogP contribution is 2.21. The molecule has 0 bridgehead atoms. The predicted octanol–water partition coefficient (Wildman–Crippen LogP) is 3.62. The molecular formula is C14H21FN2. The van der Waals surface area contributed by atoms with E-state index in [0.29, 0.717) is 0 Å². The lowest BCUT2D eigenvalue weighted by molar-refractivity contribution is 0.462. The van der Waals surface area contributed by atoms with E-state index < -0.39 is 0 Å². The van der Waals surface area contributed by atoms with Gasteiger partial charge in [0.25, 0.3) is 0 Å². The second-order valence-electron chi connectivity index (χ2n) is 4.12. The van der Waals surface area contributed by atoms with Gasteiger partial charge in [-0.15, -0.1) is 6.58 Å². The van der Waals surface area contributed by atoms with Crippen LogP contribution in [0.1, 0.15) is 44.2 Å². The van der Waals surface area contributed by atoms with Gasteiger partial charge in [-0.25, -0.2) is 4.39 Å². The molecule has 0 aliphatic carbocycles. The molecule has 1 aromatic heterocycles. The normalized spacial score (nSPS) is 12.4. The van der Waals surface area contributed by atoms with Gasteiger partial charge in [0, 0.05) is 17.8 Å². The SMILES string of the molecule is C=CCCCC(NCCC)c1ccncc1F. The van der Waals surface area contributed by atoms with Gasteiger partial charge in [0.15, 0.2) is 0 Å². The van der Waals surface area contributed by atoms with Gasteiger partial charge in [-0.2, -0.15) is 0 Å². The van der Waals surface area contributed by atoms with Crippen molar-refractivity contribution in [2.45, 2.75) is 38.6 Å². The monoisotopic (exact) mass is 236 g/mol. The Labute approximate surface area is 103 Å². The summed E-state index contributed by atoms with van der Waals surface area (Å²) >= 11 is 0. The lowest BCUT2D eigenvalue weighted by Gasteiger charge is -2.19. The van der Waals surface area contributed by atoms with Crippen LogP contribution in [-0.4, -0.2) is 11.5 Å². The maximum absolute atomic E-state index is 13.7. The zero-order chi connectivity index (χ0) is 12.5. The van der Waals surface area contributed by atoms with E-state index in [-0.39, 0.29) is 11.9 Å². The minimum Gasteiger partial charge on any atom is -0.310 e. The summed E-state index contributed by atoms with van der Waals surface area (Å²) in [5, 5.41) is 3.38. The van der Waals surface area contributed by atoms with E-state index in [1.807, 2.05) is 6.08 Å². The molecule has 1 atom stereocenters. The van der Waals surface area contributed by atoms with Crippen LogP contribution in [0.25, 0.3) is 0 Å². The maximum Gasteiger partial charge on any atom is 0.146 e. The van der Waals surface area contributed by atoms with Crippen LogP contribution in [0.3, 0.4) is 0 Å². The summed E-state index contributed by atoms with van der Waals surface area (Å²) in [5.74, 6) is -0.222. The maximum atomic E-state index is 13.7. The van der Waals surface area contributed by atoms with Gasteiger partial charge in [0.2, 0.25) is 0 Å². The lowest BCUT2D eigenvalue weighted by Crippen LogP contribution is -2.23. The Bertz CT molecular complexity index is 339. The first-order valence-electron chi connectivity index (χ1n) is 6.23. The van der Waals surface area contributed by atoms with Gasteiger partial charge in [-0.05, 0) is 38.3 Å². The molecule has 0 spiro atoms. The molecule has 1 unspecified atom stereocenters. The molecule has 94 valence electrons. The minimum absolute atomic E-state index is 0.0814. The van der Waals surface area contributed by atoms with Crippen molar-refractivity contribution in [2.24, 2.45) is 0 Å². The summed E-state index contributed by atoms with van der Waals surface area (Å²) < 4.78 is 13.7. The number of halogens is 1. The Morgan fingerprint density at radius 3 is 3.06 bits per heavy atom. The molecule has 1 heterocycles. The molecule has 0 amide bonds. The van der Waals surface area contributed by atoms with Crippen molar-refractivity contribution in [3.63, 3.8) is 0 Å². The van der Waals surface area contributed by atoms with Crippen molar-refractivity contribution < 1.29 is 4.39 Å². The third-order valence-corrected chi connectivity index (χ3v) is 2.72. The summed E-state index contributed by atoms with van der Waals surface area (Å²) in [6.07, 6.45) is 8.79. The highest BCUT2D eigenvalue weighted by Gasteiger charge is 2.14. The number of nitrogens with zero attached hydrogens (tertiary/aromatic N) is 1. The largest absolute Gasteiger partial charge is 0.310 e. The van der Waals surface area contributed by atoms with Crippen LogP contribution in [0, 0.1) is 5.82 Å². The van der Waals surface area contributed by atoms with Crippen molar-refractivity contribution in [1.29, 1.82) is 0 Å². The van der Waals surface area contributed by atoms with Crippen LogP contribution in [0.4, 0.5) is 4.39 Å². The average molecular weight is 236 g/mol. The van der Waals surface area contributed by atoms with Crippen molar-refractivity contribution in [3.8, 4) is 0 Å². The number of unbranched alkanes of at least 4 members (excludes halogenated alkanes) is 1. The Morgan fingerprint density at radius 1 is 1.59 bits per heavy atom. The zero-order valence-corrected chi connectivity index (χ0v) is 10.5. The fourth-order valence-electron chi connectivity index (χ4n) is 1.82. The minimum atomic E-state index is -0.222. The van der Waals surface area contributed by atoms with E-state index in [9.17, 15) is 4.39 Å². The van der Waals surface area contributed by atoms with E-state index in [1.165, 1.54) is 6.20 Å². The molecule has 1 rings (SSSR count). The molecule has 3 heteroatoms. The van der Waals surface area contributed by atoms with Crippen LogP contribution in [0.5, 0.6) is 0 Å². The van der Waals surface area contributed by atoms with E-state index in [2.05, 4.69) is 23.8 Å². The molecule has 0 radical (unpaired) electrons. The summed E-state index contributed by atoms with van der Waals surface area (Å²) in [7, 11) is 0. The Hall–Kier alpha value is -1.22. The molecule has 0 aliphatic rings. The third-order valence-electron chi connectivity index (χ3n) is 2.72. The molecule has 0 aromatic carbocycles. The molecule has 0 aliphatic heterocycles. The molecule has 1 N–H and O–H groups in total. The van der Waals surface area contributed by atoms with Crippen LogP contribution in [0.2, 0.25) is 0 Å². The summed E-state index contributed by atoms with van der Waals surface area (Å²) in [4.78, 5) is 3.79. The van der Waals surface area contributed by atoms with E-state index in [0.717, 1.165) is 37.8 Å². The molecule has 0 saturated heterocycles. The predicted molar refractivity (Wildman–Crippen MR) is 69.3 cm³/mol. The molecule has 0 saturated carbocycles. The van der Waals surface area contributed by atoms with Crippen LogP contribution >= 0.6 is 0 Å². The van der Waals surface area contributed by atoms with E-state index in [4.69, 9.17) is 0 Å². The van der Waals surface area contributed by atoms with Gasteiger partial charge in [0.05, 0.1) is 6.20 Å². The fraction of sp³-hybridized carbons (Fsp3) is 0.500. The van der Waals surface area contributed by atoms with Crippen molar-refractivity contribution in [3.05, 3.63) is 42.5 Å². The topological polar surface area (TPSA) is 24.9 Å². The summed E-state index contributed by atoms with van der Waals surface area (Å²) in [6, 6.07) is 1.84. The standard InChI is InChI=1S/C14H21FN2/c1-3-5-6-7-14(17-9-4-2)12-8-10-16-11-13(12)15/h3,8,10-11,14,17H,1,4-7,9H2,2H3. The third kappa shape index (κ3) is 4.65. The Balaban J connectivity index is 2.67. The highest BCUT2D eigenvalue weighted by molar-refractivity contribution is 5.17. The van der Waals surface area contributed by atoms with Crippen molar-refractivity contribution >= 4 is 0 Å². The van der Waals surface area contributed by atoms with Gasteiger partial charge in [0.1, 0.15) is 5.82 Å². The second kappa shape index (κ2) is 7.96. The number of nitrogens with one attached hydrogen (secondary N) is 1. The van der Waals surface area contributed by atoms with Crippen LogP contribution < -0.4 is 5.32 Å². The number of pyridine rings is 1. The van der Waals surface area contributed by atoms with Gasteiger partial charge < -0.3 is 5.32 Å². The number of allylic oxidation sites excluding steroid dienone is 1. The molecule has 1 aromatic rings. The molecular weight excluding hydrogens is 215 g/mol. The average Bonchev–Trinajstić information content (AvgIpc) is 2.35. The van der Waals surface area contributed by atoms with Crippen molar-refractivity contribution in [2.75, 3.05) is 6.54 Å².